The fourth-order valence-corrected chi connectivity index (χ4v) is 7.49. The van der Waals surface area contributed by atoms with Crippen molar-refractivity contribution in [2.45, 2.75) is 80.7 Å². The minimum atomic E-state index is -0.368. The molecule has 7 atom stereocenters. The smallest absolute Gasteiger partial charge is 0.293 e. The second-order valence-corrected chi connectivity index (χ2v) is 8.58. The van der Waals surface area contributed by atoms with Gasteiger partial charge in [0.15, 0.2) is 12.6 Å². The van der Waals surface area contributed by atoms with Crippen molar-refractivity contribution in [2.75, 3.05) is 13.2 Å². The van der Waals surface area contributed by atoms with Crippen LogP contribution in [0.2, 0.25) is 0 Å². The van der Waals surface area contributed by atoms with Crippen LogP contribution in [0.4, 0.5) is 0 Å². The van der Waals surface area contributed by atoms with Crippen LogP contribution in [-0.4, -0.2) is 49.1 Å². The molecule has 0 aromatic carbocycles. The molecule has 0 amide bonds. The molecule has 6 rings (SSSR count). The van der Waals surface area contributed by atoms with Gasteiger partial charge in [-0.05, 0) is 31.6 Å². The summed E-state index contributed by atoms with van der Waals surface area (Å²) in [5.74, 6) is 0.544. The van der Waals surface area contributed by atoms with Crippen molar-refractivity contribution in [1.29, 1.82) is 0 Å². The van der Waals surface area contributed by atoms with Crippen molar-refractivity contribution in [3.05, 3.63) is 0 Å². The number of carbonyl (C=O) groups is 1. The molecule has 4 saturated carbocycles. The summed E-state index contributed by atoms with van der Waals surface area (Å²) >= 11 is 0. The van der Waals surface area contributed by atoms with E-state index in [9.17, 15) is 4.79 Å². The van der Waals surface area contributed by atoms with E-state index in [1.54, 1.807) is 0 Å². The average molecular weight is 336 g/mol. The van der Waals surface area contributed by atoms with Gasteiger partial charge in [0.2, 0.25) is 0 Å². The minimum Gasteiger partial charge on any atom is -0.460 e. The maximum absolute atomic E-state index is 11.1. The Balaban J connectivity index is 1.30. The Labute approximate surface area is 141 Å². The fourth-order valence-electron chi connectivity index (χ4n) is 7.49. The molecule has 0 radical (unpaired) electrons. The molecule has 7 unspecified atom stereocenters. The van der Waals surface area contributed by atoms with E-state index in [1.165, 1.54) is 0 Å². The highest BCUT2D eigenvalue weighted by Crippen LogP contribution is 2.94. The number of hydrogen-bond acceptors (Lipinski definition) is 6. The van der Waals surface area contributed by atoms with Gasteiger partial charge in [-0.1, -0.05) is 0 Å². The highest BCUT2D eigenvalue weighted by molar-refractivity contribution is 5.55. The topological polar surface area (TPSA) is 63.2 Å². The van der Waals surface area contributed by atoms with E-state index in [-0.39, 0.29) is 34.8 Å². The first-order valence-electron chi connectivity index (χ1n) is 9.40. The molecule has 2 saturated heterocycles. The molecule has 0 bridgehead atoms. The van der Waals surface area contributed by atoms with Crippen LogP contribution in [-0.2, 0) is 28.5 Å². The Bertz CT molecular complexity index is 558. The highest BCUT2D eigenvalue weighted by atomic mass is 16.7. The Morgan fingerprint density at radius 1 is 0.875 bits per heavy atom. The van der Waals surface area contributed by atoms with Gasteiger partial charge in [0.25, 0.3) is 6.47 Å². The van der Waals surface area contributed by atoms with Crippen LogP contribution >= 0.6 is 0 Å². The lowest BCUT2D eigenvalue weighted by Gasteiger charge is -2.95. The van der Waals surface area contributed by atoms with Gasteiger partial charge in [-0.2, -0.15) is 0 Å². The normalized spacial score (nSPS) is 59.2. The number of carbonyl (C=O) groups excluding carboxylic acids is 1. The van der Waals surface area contributed by atoms with Crippen molar-refractivity contribution in [1.82, 2.24) is 0 Å². The van der Waals surface area contributed by atoms with Crippen molar-refractivity contribution >= 4 is 6.47 Å². The third kappa shape index (κ3) is 1.30. The third-order valence-corrected chi connectivity index (χ3v) is 7.83. The zero-order chi connectivity index (χ0) is 16.0. The molecule has 6 aliphatic rings. The van der Waals surface area contributed by atoms with E-state index in [0.717, 1.165) is 64.6 Å². The zero-order valence-corrected chi connectivity index (χ0v) is 13.8. The molecule has 132 valence electrons. The van der Waals surface area contributed by atoms with Crippen LogP contribution in [0.5, 0.6) is 0 Å². The maximum atomic E-state index is 11.1. The zero-order valence-electron chi connectivity index (χ0n) is 13.8. The number of ether oxygens (including phenoxy) is 5. The first-order valence-corrected chi connectivity index (χ1v) is 9.40. The summed E-state index contributed by atoms with van der Waals surface area (Å²) in [4.78, 5) is 11.1. The van der Waals surface area contributed by atoms with Gasteiger partial charge in [-0.25, -0.2) is 0 Å². The second kappa shape index (κ2) is 4.34. The van der Waals surface area contributed by atoms with Crippen molar-refractivity contribution in [2.24, 2.45) is 11.3 Å². The summed E-state index contributed by atoms with van der Waals surface area (Å²) in [6.45, 7) is 2.18. The summed E-state index contributed by atoms with van der Waals surface area (Å²) in [5.41, 5.74) is -0.950. The summed E-state index contributed by atoms with van der Waals surface area (Å²) in [6.07, 6.45) is 7.54. The van der Waals surface area contributed by atoms with Gasteiger partial charge >= 0.3 is 0 Å². The molecular formula is C18H24O6. The lowest BCUT2D eigenvalue weighted by molar-refractivity contribution is -0.574. The van der Waals surface area contributed by atoms with Gasteiger partial charge in [0.05, 0.1) is 16.6 Å². The summed E-state index contributed by atoms with van der Waals surface area (Å²) in [5, 5.41) is 0. The van der Waals surface area contributed by atoms with E-state index in [0.29, 0.717) is 12.4 Å². The van der Waals surface area contributed by atoms with Crippen LogP contribution in [0.1, 0.15) is 51.4 Å². The molecule has 6 nitrogen and oxygen atoms in total. The van der Waals surface area contributed by atoms with Gasteiger partial charge in [0, 0.05) is 38.9 Å². The lowest BCUT2D eigenvalue weighted by Crippen LogP contribution is -3.04. The first kappa shape index (κ1) is 14.5. The van der Waals surface area contributed by atoms with Gasteiger partial charge in [0.1, 0.15) is 5.60 Å². The minimum absolute atomic E-state index is 0.101. The SMILES string of the molecule is O=COC12CC3CC4(OC5CCCO5)CC(OC5CCCO5)(C1)C324. The molecule has 2 aliphatic heterocycles. The van der Waals surface area contributed by atoms with Gasteiger partial charge in [-0.15, -0.1) is 0 Å². The fraction of sp³-hybridized carbons (Fsp3) is 0.944. The molecule has 6 fully saturated rings. The Hall–Kier alpha value is -0.690. The Kier molecular flexibility index (Phi) is 2.62. The van der Waals surface area contributed by atoms with Crippen molar-refractivity contribution in [3.63, 3.8) is 0 Å². The van der Waals surface area contributed by atoms with Gasteiger partial charge in [-0.3, -0.25) is 4.79 Å². The predicted octanol–water partition coefficient (Wildman–Crippen LogP) is 1.90. The van der Waals surface area contributed by atoms with Gasteiger partial charge < -0.3 is 23.7 Å². The second-order valence-electron chi connectivity index (χ2n) is 8.58. The average Bonchev–Trinajstić information content (AvgIpc) is 3.16. The van der Waals surface area contributed by atoms with Crippen LogP contribution in [0.3, 0.4) is 0 Å². The highest BCUT2D eigenvalue weighted by Gasteiger charge is 3.03. The van der Waals surface area contributed by atoms with E-state index >= 15 is 0 Å². The van der Waals surface area contributed by atoms with Crippen LogP contribution in [0.25, 0.3) is 0 Å². The summed E-state index contributed by atoms with van der Waals surface area (Å²) < 4.78 is 30.1. The predicted molar refractivity (Wildman–Crippen MR) is 79.9 cm³/mol. The molecule has 24 heavy (non-hydrogen) atoms. The molecule has 6 heteroatoms. The first-order chi connectivity index (χ1) is 11.7. The van der Waals surface area contributed by atoms with Crippen molar-refractivity contribution in [3.8, 4) is 0 Å². The number of rotatable bonds is 6. The van der Waals surface area contributed by atoms with E-state index in [1.807, 2.05) is 0 Å². The largest absolute Gasteiger partial charge is 0.460 e. The Morgan fingerprint density at radius 3 is 2.08 bits per heavy atom. The standard InChI is InChI=1S/C18H24O6/c19-11-22-15-7-12-8-16(23-13-3-1-5-20-13)10-17(9-15,18(12,15)16)24-14-4-2-6-21-14/h11-14H,1-10H2. The summed E-state index contributed by atoms with van der Waals surface area (Å²) in [7, 11) is 0. The van der Waals surface area contributed by atoms with Crippen LogP contribution in [0.15, 0.2) is 0 Å². The molecule has 2 heterocycles. The molecule has 4 aliphatic carbocycles. The van der Waals surface area contributed by atoms with E-state index in [4.69, 9.17) is 23.7 Å². The number of hydrogen-bond donors (Lipinski definition) is 0. The molecular weight excluding hydrogens is 312 g/mol. The molecule has 0 aromatic rings. The molecule has 0 aromatic heterocycles. The Morgan fingerprint density at radius 2 is 1.50 bits per heavy atom. The third-order valence-electron chi connectivity index (χ3n) is 7.83. The molecule has 0 N–H and O–H groups in total. The monoisotopic (exact) mass is 336 g/mol. The van der Waals surface area contributed by atoms with Crippen LogP contribution in [0, 0.1) is 11.3 Å². The van der Waals surface area contributed by atoms with E-state index in [2.05, 4.69) is 0 Å². The van der Waals surface area contributed by atoms with Crippen molar-refractivity contribution < 1.29 is 28.5 Å². The van der Waals surface area contributed by atoms with E-state index < -0.39 is 0 Å². The van der Waals surface area contributed by atoms with Crippen LogP contribution < -0.4 is 0 Å². The lowest BCUT2D eigenvalue weighted by atomic mass is 9.13. The quantitative estimate of drug-likeness (QED) is 0.691. The molecule has 1 spiro atoms. The maximum Gasteiger partial charge on any atom is 0.293 e. The summed E-state index contributed by atoms with van der Waals surface area (Å²) in [6, 6.07) is 0.